The van der Waals surface area contributed by atoms with E-state index in [-0.39, 0.29) is 4.65 Å². The second-order valence-electron chi connectivity index (χ2n) is 3.09. The number of carboxylic acid groups (broad SMARTS) is 1. The molecule has 0 aromatic carbocycles. The van der Waals surface area contributed by atoms with Gasteiger partial charge in [0.15, 0.2) is 0 Å². The fourth-order valence-corrected chi connectivity index (χ4v) is 1.23. The van der Waals surface area contributed by atoms with E-state index in [1.165, 1.54) is 0 Å². The van der Waals surface area contributed by atoms with Crippen molar-refractivity contribution >= 4 is 11.9 Å². The minimum atomic E-state index is -1.16. The predicted octanol–water partition coefficient (Wildman–Crippen LogP) is 0.962. The lowest BCUT2D eigenvalue weighted by molar-refractivity contribution is -1.08. The van der Waals surface area contributed by atoms with E-state index >= 15 is 0 Å². The van der Waals surface area contributed by atoms with E-state index in [4.69, 9.17) is 9.94 Å². The smallest absolute Gasteiger partial charge is 0.478 e. The SMILES string of the molecule is CC[N+](CC)(CC)OC(=[O+])/C=C\C(=O)O. The molecule has 0 spiro atoms. The van der Waals surface area contributed by atoms with Crippen molar-refractivity contribution < 1.29 is 24.2 Å². The largest absolute Gasteiger partial charge is 0.663 e. The molecular formula is C10H18NO4+2. The van der Waals surface area contributed by atoms with Crippen molar-refractivity contribution in [1.82, 2.24) is 0 Å². The zero-order valence-corrected chi connectivity index (χ0v) is 9.40. The quantitative estimate of drug-likeness (QED) is 0.311. The van der Waals surface area contributed by atoms with Crippen LogP contribution in [0, 0.1) is 0 Å². The van der Waals surface area contributed by atoms with Gasteiger partial charge in [-0.05, 0) is 20.8 Å². The van der Waals surface area contributed by atoms with Gasteiger partial charge in [-0.15, -0.1) is 0 Å². The van der Waals surface area contributed by atoms with E-state index in [9.17, 15) is 9.59 Å². The van der Waals surface area contributed by atoms with Gasteiger partial charge in [0.2, 0.25) is 0 Å². The van der Waals surface area contributed by atoms with Crippen molar-refractivity contribution in [2.24, 2.45) is 0 Å². The number of rotatable bonds is 6. The minimum absolute atomic E-state index is 0.211. The van der Waals surface area contributed by atoms with Crippen molar-refractivity contribution in [3.63, 3.8) is 0 Å². The van der Waals surface area contributed by atoms with Gasteiger partial charge in [0, 0.05) is 6.08 Å². The van der Waals surface area contributed by atoms with E-state index in [0.717, 1.165) is 12.2 Å². The third-order valence-electron chi connectivity index (χ3n) is 2.37. The second kappa shape index (κ2) is 6.19. The van der Waals surface area contributed by atoms with Crippen LogP contribution in [0.25, 0.3) is 0 Å². The Morgan fingerprint density at radius 3 is 2.07 bits per heavy atom. The minimum Gasteiger partial charge on any atom is -0.478 e. The summed E-state index contributed by atoms with van der Waals surface area (Å²) in [6, 6.07) is 0. The van der Waals surface area contributed by atoms with Gasteiger partial charge in [-0.1, -0.05) is 9.48 Å². The Balaban J connectivity index is 4.42. The Hall–Kier alpha value is -1.36. The third kappa shape index (κ3) is 4.60. The van der Waals surface area contributed by atoms with E-state index in [1.807, 2.05) is 20.8 Å². The lowest BCUT2D eigenvalue weighted by Crippen LogP contribution is -2.48. The van der Waals surface area contributed by atoms with Gasteiger partial charge in [-0.2, -0.15) is 0 Å². The fraction of sp³-hybridized carbons (Fsp3) is 0.600. The van der Waals surface area contributed by atoms with Crippen LogP contribution >= 0.6 is 0 Å². The standard InChI is InChI=1S/C10H17NO4/c1-4-11(5-2,6-3)15-10(14)8-7-9(12)13/h7-8H,4-6H2,1-3H3/q+1/p+1/b8-7-. The molecule has 0 aliphatic carbocycles. The van der Waals surface area contributed by atoms with Gasteiger partial charge in [-0.25, -0.2) is 4.79 Å². The molecule has 0 bridgehead atoms. The Bertz CT molecular complexity index is 248. The van der Waals surface area contributed by atoms with Crippen molar-refractivity contribution in [3.8, 4) is 0 Å². The number of hydrogen-bond donors (Lipinski definition) is 1. The van der Waals surface area contributed by atoms with Gasteiger partial charge in [0.1, 0.15) is 25.7 Å². The lowest BCUT2D eigenvalue weighted by atomic mass is 10.4. The predicted molar refractivity (Wildman–Crippen MR) is 54.8 cm³/mol. The molecule has 5 nitrogen and oxygen atoms in total. The van der Waals surface area contributed by atoms with E-state index in [0.29, 0.717) is 19.6 Å². The van der Waals surface area contributed by atoms with Crippen LogP contribution in [0.2, 0.25) is 0 Å². The summed E-state index contributed by atoms with van der Waals surface area (Å²) in [4.78, 5) is 26.6. The van der Waals surface area contributed by atoms with Crippen LogP contribution in [0.3, 0.4) is 0 Å². The highest BCUT2D eigenvalue weighted by atomic mass is 16.7. The van der Waals surface area contributed by atoms with E-state index in [1.54, 1.807) is 0 Å². The Morgan fingerprint density at radius 2 is 1.73 bits per heavy atom. The molecule has 0 fully saturated rings. The topological polar surface area (TPSA) is 66.4 Å². The monoisotopic (exact) mass is 216 g/mol. The van der Waals surface area contributed by atoms with Gasteiger partial charge in [0.05, 0.1) is 4.79 Å². The third-order valence-corrected chi connectivity index (χ3v) is 2.37. The molecule has 0 aliphatic rings. The molecule has 15 heavy (non-hydrogen) atoms. The molecule has 0 rings (SSSR count). The Labute approximate surface area is 89.5 Å². The fourth-order valence-electron chi connectivity index (χ4n) is 1.23. The maximum atomic E-state index is 11.3. The highest BCUT2D eigenvalue weighted by molar-refractivity contribution is 5.90. The van der Waals surface area contributed by atoms with Crippen LogP contribution < -0.4 is 0 Å². The number of aliphatic carboxylic acids is 1. The zero-order chi connectivity index (χ0) is 11.9. The van der Waals surface area contributed by atoms with Crippen LogP contribution in [0.15, 0.2) is 12.2 Å². The summed E-state index contributed by atoms with van der Waals surface area (Å²) >= 11 is 0. The summed E-state index contributed by atoms with van der Waals surface area (Å²) in [5.41, 5.74) is 0. The first-order valence-corrected chi connectivity index (χ1v) is 5.00. The van der Waals surface area contributed by atoms with Crippen molar-refractivity contribution in [3.05, 3.63) is 12.2 Å². The van der Waals surface area contributed by atoms with Crippen molar-refractivity contribution in [2.75, 3.05) is 19.6 Å². The van der Waals surface area contributed by atoms with E-state index in [2.05, 4.69) is 0 Å². The maximum absolute atomic E-state index is 11.3. The molecule has 0 unspecified atom stereocenters. The summed E-state index contributed by atoms with van der Waals surface area (Å²) < 4.78 is 0.211. The first kappa shape index (κ1) is 13.6. The van der Waals surface area contributed by atoms with Crippen LogP contribution in [-0.4, -0.2) is 41.3 Å². The Kier molecular flexibility index (Phi) is 5.62. The molecule has 5 heteroatoms. The molecule has 0 aromatic heterocycles. The number of quaternary nitrogens is 1. The summed E-state index contributed by atoms with van der Waals surface area (Å²) in [5.74, 6) is -1.78. The molecule has 0 aromatic rings. The van der Waals surface area contributed by atoms with E-state index < -0.39 is 11.9 Å². The summed E-state index contributed by atoms with van der Waals surface area (Å²) in [7, 11) is 0. The summed E-state index contributed by atoms with van der Waals surface area (Å²) in [5, 5.41) is 8.33. The van der Waals surface area contributed by atoms with Gasteiger partial charge in [0.25, 0.3) is 0 Å². The van der Waals surface area contributed by atoms with Crippen LogP contribution in [0.5, 0.6) is 0 Å². The van der Waals surface area contributed by atoms with Gasteiger partial charge in [-0.3, -0.25) is 0 Å². The summed E-state index contributed by atoms with van der Waals surface area (Å²) in [6.45, 7) is 7.75. The molecule has 0 heterocycles. The van der Waals surface area contributed by atoms with Gasteiger partial charge >= 0.3 is 11.9 Å². The highest BCUT2D eigenvalue weighted by Gasteiger charge is 2.36. The zero-order valence-electron chi connectivity index (χ0n) is 9.40. The van der Waals surface area contributed by atoms with Crippen LogP contribution in [0.1, 0.15) is 20.8 Å². The average molecular weight is 216 g/mol. The van der Waals surface area contributed by atoms with Crippen molar-refractivity contribution in [1.29, 1.82) is 0 Å². The first-order valence-electron chi connectivity index (χ1n) is 5.00. The normalized spacial score (nSPS) is 11.7. The number of carboxylic acids is 1. The van der Waals surface area contributed by atoms with Crippen molar-refractivity contribution in [2.45, 2.75) is 20.8 Å². The molecule has 0 atom stereocenters. The second-order valence-corrected chi connectivity index (χ2v) is 3.09. The van der Waals surface area contributed by atoms with Crippen LogP contribution in [-0.2, 0) is 14.4 Å². The Morgan fingerprint density at radius 1 is 1.27 bits per heavy atom. The first-order chi connectivity index (χ1) is 6.99. The molecular weight excluding hydrogens is 198 g/mol. The number of hydroxylamine groups is 3. The molecule has 1 radical (unpaired) electrons. The molecule has 0 aliphatic heterocycles. The molecule has 0 saturated heterocycles. The molecule has 0 amide bonds. The number of nitrogens with zero attached hydrogens (tertiary/aromatic N) is 1. The lowest BCUT2D eigenvalue weighted by Gasteiger charge is -2.22. The summed E-state index contributed by atoms with van der Waals surface area (Å²) in [6.07, 6.45) is 1.70. The molecule has 1 N–H and O–H groups in total. The van der Waals surface area contributed by atoms with Gasteiger partial charge < -0.3 is 5.11 Å². The average Bonchev–Trinajstić information content (AvgIpc) is 2.23. The number of hydrogen-bond acceptors (Lipinski definition) is 3. The highest BCUT2D eigenvalue weighted by Crippen LogP contribution is 2.07. The van der Waals surface area contributed by atoms with Crippen LogP contribution in [0.4, 0.5) is 0 Å². The maximum Gasteiger partial charge on any atom is 0.663 e. The number of carbonyl (C=O) groups excluding carboxylic acids is 1. The number of carbonyl (C=O) groups is 2. The molecule has 85 valence electrons. The molecule has 0 saturated carbocycles.